The van der Waals surface area contributed by atoms with Crippen LogP contribution in [-0.2, 0) is 4.84 Å². The van der Waals surface area contributed by atoms with Crippen LogP contribution in [0.25, 0.3) is 0 Å². The van der Waals surface area contributed by atoms with Crippen molar-refractivity contribution in [1.82, 2.24) is 0 Å². The molecule has 0 aliphatic carbocycles. The first-order valence-corrected chi connectivity index (χ1v) is 6.03. The highest BCUT2D eigenvalue weighted by Crippen LogP contribution is 2.29. The van der Waals surface area contributed by atoms with Crippen LogP contribution in [-0.4, -0.2) is 6.61 Å². The quantitative estimate of drug-likeness (QED) is 0.481. The van der Waals surface area contributed by atoms with Crippen molar-refractivity contribution in [3.8, 4) is 0 Å². The van der Waals surface area contributed by atoms with E-state index in [4.69, 9.17) is 10.6 Å². The molecule has 0 aromatic heterocycles. The van der Waals surface area contributed by atoms with Crippen LogP contribution < -0.4 is 11.2 Å². The van der Waals surface area contributed by atoms with E-state index in [1.54, 1.807) is 18.2 Å². The zero-order valence-electron chi connectivity index (χ0n) is 10.7. The smallest absolute Gasteiger partial charge is 0.111 e. The third-order valence-electron chi connectivity index (χ3n) is 2.38. The number of azo groups is 1. The van der Waals surface area contributed by atoms with Crippen molar-refractivity contribution in [3.63, 3.8) is 0 Å². The minimum Gasteiger partial charge on any atom is -0.399 e. The molecule has 0 heterocycles. The van der Waals surface area contributed by atoms with Gasteiger partial charge in [-0.2, -0.15) is 5.11 Å². The van der Waals surface area contributed by atoms with Gasteiger partial charge in [-0.05, 0) is 37.3 Å². The molecule has 0 amide bonds. The Morgan fingerprint density at radius 1 is 1.11 bits per heavy atom. The lowest BCUT2D eigenvalue weighted by Gasteiger charge is -2.08. The second kappa shape index (κ2) is 6.51. The number of nitrogens with one attached hydrogen (secondary N) is 1. The van der Waals surface area contributed by atoms with Crippen LogP contribution in [0.15, 0.2) is 58.8 Å². The summed E-state index contributed by atoms with van der Waals surface area (Å²) in [5.41, 5.74) is 11.3. The molecule has 0 saturated carbocycles. The summed E-state index contributed by atoms with van der Waals surface area (Å²) in [6.07, 6.45) is 0. The van der Waals surface area contributed by atoms with Gasteiger partial charge < -0.3 is 5.73 Å². The highest BCUT2D eigenvalue weighted by molar-refractivity contribution is 5.69. The van der Waals surface area contributed by atoms with Crippen molar-refractivity contribution in [2.45, 2.75) is 6.92 Å². The molecule has 0 aliphatic heterocycles. The molecule has 0 radical (unpaired) electrons. The molecule has 0 aliphatic rings. The molecule has 2 aromatic carbocycles. The Labute approximate surface area is 112 Å². The summed E-state index contributed by atoms with van der Waals surface area (Å²) >= 11 is 0. The van der Waals surface area contributed by atoms with Crippen molar-refractivity contribution in [2.24, 2.45) is 10.2 Å². The summed E-state index contributed by atoms with van der Waals surface area (Å²) in [6, 6.07) is 14.9. The molecule has 0 spiro atoms. The highest BCUT2D eigenvalue weighted by atomic mass is 16.6. The Hall–Kier alpha value is -2.40. The van der Waals surface area contributed by atoms with Gasteiger partial charge >= 0.3 is 0 Å². The van der Waals surface area contributed by atoms with Crippen LogP contribution in [0.3, 0.4) is 0 Å². The summed E-state index contributed by atoms with van der Waals surface area (Å²) in [6.45, 7) is 2.44. The predicted octanol–water partition coefficient (Wildman–Crippen LogP) is 4.05. The summed E-state index contributed by atoms with van der Waals surface area (Å²) in [4.78, 5) is 5.16. The average molecular weight is 256 g/mol. The second-order valence-electron chi connectivity index (χ2n) is 3.85. The Bertz CT molecular complexity index is 555. The number of hydrogen-bond acceptors (Lipinski definition) is 5. The lowest BCUT2D eigenvalue weighted by Crippen LogP contribution is -2.00. The predicted molar refractivity (Wildman–Crippen MR) is 76.7 cm³/mol. The fourth-order valence-corrected chi connectivity index (χ4v) is 1.48. The largest absolute Gasteiger partial charge is 0.399 e. The number of nitrogens with two attached hydrogens (primary N) is 1. The van der Waals surface area contributed by atoms with E-state index in [2.05, 4.69) is 15.7 Å². The third-order valence-corrected chi connectivity index (χ3v) is 2.38. The minimum absolute atomic E-state index is 0.546. The van der Waals surface area contributed by atoms with Crippen LogP contribution in [0.1, 0.15) is 6.92 Å². The first-order valence-electron chi connectivity index (χ1n) is 6.03. The average Bonchev–Trinajstić information content (AvgIpc) is 2.45. The first kappa shape index (κ1) is 13.0. The first-order chi connectivity index (χ1) is 9.29. The lowest BCUT2D eigenvalue weighted by molar-refractivity contribution is 0.210. The van der Waals surface area contributed by atoms with Gasteiger partial charge in [-0.15, -0.1) is 5.11 Å². The molecule has 98 valence electrons. The molecular formula is C14H16N4O. The zero-order valence-corrected chi connectivity index (χ0v) is 10.7. The van der Waals surface area contributed by atoms with E-state index in [1.165, 1.54) is 0 Å². The lowest BCUT2D eigenvalue weighted by atomic mass is 10.2. The van der Waals surface area contributed by atoms with Gasteiger partial charge in [0.25, 0.3) is 0 Å². The maximum atomic E-state index is 5.74. The van der Waals surface area contributed by atoms with Crippen LogP contribution >= 0.6 is 0 Å². The molecule has 0 atom stereocenters. The maximum Gasteiger partial charge on any atom is 0.111 e. The SMILES string of the molecule is CCONc1cc(N)ccc1N=Nc1ccccc1. The number of rotatable bonds is 5. The summed E-state index contributed by atoms with van der Waals surface area (Å²) in [5, 5.41) is 8.36. The number of nitrogen functional groups attached to an aromatic ring is 1. The van der Waals surface area contributed by atoms with Gasteiger partial charge in [0.1, 0.15) is 5.69 Å². The van der Waals surface area contributed by atoms with Gasteiger partial charge in [0.15, 0.2) is 0 Å². The molecule has 0 saturated heterocycles. The van der Waals surface area contributed by atoms with Crippen molar-refractivity contribution in [1.29, 1.82) is 0 Å². The van der Waals surface area contributed by atoms with Gasteiger partial charge in [-0.3, -0.25) is 10.3 Å². The Morgan fingerprint density at radius 3 is 2.63 bits per heavy atom. The van der Waals surface area contributed by atoms with Crippen LogP contribution in [0.5, 0.6) is 0 Å². The summed E-state index contributed by atoms with van der Waals surface area (Å²) in [7, 11) is 0. The van der Waals surface area contributed by atoms with Crippen molar-refractivity contribution in [3.05, 3.63) is 48.5 Å². The number of anilines is 2. The van der Waals surface area contributed by atoms with Crippen LogP contribution in [0.2, 0.25) is 0 Å². The standard InChI is InChI=1S/C14H16N4O/c1-2-19-18-14-10-11(15)8-9-13(14)17-16-12-6-4-3-5-7-12/h3-10,18H,2,15H2,1H3. The van der Waals surface area contributed by atoms with Crippen molar-refractivity contribution < 1.29 is 4.84 Å². The zero-order chi connectivity index (χ0) is 13.5. The molecule has 19 heavy (non-hydrogen) atoms. The Balaban J connectivity index is 2.21. The van der Waals surface area contributed by atoms with Gasteiger partial charge in [-0.25, -0.2) is 0 Å². The molecule has 2 aromatic rings. The molecule has 3 N–H and O–H groups in total. The number of benzene rings is 2. The van der Waals surface area contributed by atoms with E-state index in [0.717, 1.165) is 5.69 Å². The molecular weight excluding hydrogens is 240 g/mol. The monoisotopic (exact) mass is 256 g/mol. The van der Waals surface area contributed by atoms with E-state index < -0.39 is 0 Å². The van der Waals surface area contributed by atoms with Crippen LogP contribution in [0.4, 0.5) is 22.7 Å². The van der Waals surface area contributed by atoms with E-state index in [9.17, 15) is 0 Å². The van der Waals surface area contributed by atoms with Gasteiger partial charge in [0.2, 0.25) is 0 Å². The molecule has 5 heteroatoms. The van der Waals surface area contributed by atoms with Gasteiger partial charge in [0, 0.05) is 5.69 Å². The summed E-state index contributed by atoms with van der Waals surface area (Å²) in [5.74, 6) is 0. The van der Waals surface area contributed by atoms with Crippen LogP contribution in [0, 0.1) is 0 Å². The molecule has 0 fully saturated rings. The van der Waals surface area contributed by atoms with Crippen molar-refractivity contribution in [2.75, 3.05) is 17.8 Å². The highest BCUT2D eigenvalue weighted by Gasteiger charge is 2.02. The number of nitrogens with zero attached hydrogens (tertiary/aromatic N) is 2. The fourth-order valence-electron chi connectivity index (χ4n) is 1.48. The third kappa shape index (κ3) is 3.79. The second-order valence-corrected chi connectivity index (χ2v) is 3.85. The van der Waals surface area contributed by atoms with Gasteiger partial charge in [-0.1, -0.05) is 18.2 Å². The maximum absolute atomic E-state index is 5.74. The van der Waals surface area contributed by atoms with Gasteiger partial charge in [0.05, 0.1) is 18.0 Å². The van der Waals surface area contributed by atoms with E-state index in [0.29, 0.717) is 23.7 Å². The van der Waals surface area contributed by atoms with E-state index >= 15 is 0 Å². The number of hydrogen-bond donors (Lipinski definition) is 2. The van der Waals surface area contributed by atoms with E-state index in [1.807, 2.05) is 37.3 Å². The Morgan fingerprint density at radius 2 is 1.89 bits per heavy atom. The summed E-state index contributed by atoms with van der Waals surface area (Å²) < 4.78 is 0. The molecule has 2 rings (SSSR count). The fraction of sp³-hybridized carbons (Fsp3) is 0.143. The molecule has 0 unspecified atom stereocenters. The van der Waals surface area contributed by atoms with Crippen molar-refractivity contribution >= 4 is 22.7 Å². The normalized spacial score (nSPS) is 10.8. The molecule has 0 bridgehead atoms. The van der Waals surface area contributed by atoms with E-state index in [-0.39, 0.29) is 0 Å². The topological polar surface area (TPSA) is 72.0 Å². The Kier molecular flexibility index (Phi) is 4.47. The minimum atomic E-state index is 0.546. The molecule has 5 nitrogen and oxygen atoms in total.